The summed E-state index contributed by atoms with van der Waals surface area (Å²) >= 11 is 0. The number of amides is 1. The summed E-state index contributed by atoms with van der Waals surface area (Å²) in [6.07, 6.45) is 0.359. The highest BCUT2D eigenvalue weighted by Crippen LogP contribution is 2.06. The minimum absolute atomic E-state index is 0.136. The van der Waals surface area contributed by atoms with E-state index in [0.29, 0.717) is 26.0 Å². The Balaban J connectivity index is 3.71. The fourth-order valence-electron chi connectivity index (χ4n) is 1.15. The van der Waals surface area contributed by atoms with Crippen LogP contribution in [-0.2, 0) is 14.3 Å². The number of nitrogens with one attached hydrogen (secondary N) is 1. The van der Waals surface area contributed by atoms with Crippen molar-refractivity contribution in [2.45, 2.75) is 46.1 Å². The second-order valence-electron chi connectivity index (χ2n) is 4.81. The van der Waals surface area contributed by atoms with E-state index in [1.165, 1.54) is 0 Å². The molecule has 104 valence electrons. The molecule has 0 aromatic rings. The summed E-state index contributed by atoms with van der Waals surface area (Å²) in [4.78, 5) is 22.7. The van der Waals surface area contributed by atoms with E-state index in [9.17, 15) is 9.59 Å². The topological polar surface area (TPSA) is 64.6 Å². The fraction of sp³-hybridized carbons (Fsp3) is 0.692. The van der Waals surface area contributed by atoms with E-state index in [1.807, 2.05) is 0 Å². The molecule has 5 nitrogen and oxygen atoms in total. The van der Waals surface area contributed by atoms with Crippen LogP contribution in [0.5, 0.6) is 0 Å². The van der Waals surface area contributed by atoms with Crippen molar-refractivity contribution in [1.82, 2.24) is 5.32 Å². The predicted octanol–water partition coefficient (Wildman–Crippen LogP) is 2.41. The van der Waals surface area contributed by atoms with Crippen LogP contribution in [0, 0.1) is 0 Å². The highest BCUT2D eigenvalue weighted by atomic mass is 16.6. The molecule has 0 spiro atoms. The summed E-state index contributed by atoms with van der Waals surface area (Å²) in [6, 6.07) is 0. The maximum absolute atomic E-state index is 11.4. The molecule has 0 unspecified atom stereocenters. The summed E-state index contributed by atoms with van der Waals surface area (Å²) in [5, 5.41) is 2.58. The number of carbonyl (C=O) groups is 2. The Kier molecular flexibility index (Phi) is 7.08. The van der Waals surface area contributed by atoms with Gasteiger partial charge in [-0.05, 0) is 34.1 Å². The lowest BCUT2D eigenvalue weighted by molar-refractivity contribution is -0.118. The summed E-state index contributed by atoms with van der Waals surface area (Å²) < 4.78 is 10.0. The molecule has 0 aromatic carbocycles. The van der Waals surface area contributed by atoms with Gasteiger partial charge in [-0.1, -0.05) is 6.58 Å². The van der Waals surface area contributed by atoms with Crippen LogP contribution in [0.4, 0.5) is 4.79 Å². The molecule has 0 aliphatic rings. The summed E-state index contributed by atoms with van der Waals surface area (Å²) in [6.45, 7) is 11.5. The van der Waals surface area contributed by atoms with Crippen molar-refractivity contribution in [2.75, 3.05) is 13.2 Å². The van der Waals surface area contributed by atoms with Crippen LogP contribution in [0.25, 0.3) is 0 Å². The average Bonchev–Trinajstić information content (AvgIpc) is 2.21. The number of alkyl carbamates (subject to hydrolysis) is 1. The summed E-state index contributed by atoms with van der Waals surface area (Å²) in [5.74, 6) is 0.0395. The molecule has 0 saturated heterocycles. The lowest BCUT2D eigenvalue weighted by atomic mass is 10.2. The lowest BCUT2D eigenvalue weighted by Crippen LogP contribution is -2.33. The first-order valence-electron chi connectivity index (χ1n) is 6.08. The van der Waals surface area contributed by atoms with Crippen molar-refractivity contribution < 1.29 is 19.1 Å². The highest BCUT2D eigenvalue weighted by molar-refractivity contribution is 5.92. The highest BCUT2D eigenvalue weighted by Gasteiger charge is 2.15. The number of Topliss-reactive ketones (excluding diaryl/α,β-unsaturated/α-hetero) is 1. The van der Waals surface area contributed by atoms with Crippen molar-refractivity contribution in [1.29, 1.82) is 0 Å². The zero-order chi connectivity index (χ0) is 14.2. The van der Waals surface area contributed by atoms with E-state index < -0.39 is 11.7 Å². The third-order valence-corrected chi connectivity index (χ3v) is 1.88. The van der Waals surface area contributed by atoms with Gasteiger partial charge in [0, 0.05) is 13.0 Å². The maximum atomic E-state index is 11.4. The van der Waals surface area contributed by atoms with Crippen LogP contribution in [0.15, 0.2) is 12.3 Å². The zero-order valence-electron chi connectivity index (χ0n) is 11.7. The molecule has 1 amide bonds. The lowest BCUT2D eigenvalue weighted by Gasteiger charge is -2.19. The van der Waals surface area contributed by atoms with Gasteiger partial charge in [-0.3, -0.25) is 4.79 Å². The quantitative estimate of drug-likeness (QED) is 0.432. The van der Waals surface area contributed by atoms with Crippen LogP contribution < -0.4 is 5.32 Å². The molecule has 0 aliphatic carbocycles. The van der Waals surface area contributed by atoms with Gasteiger partial charge in [0.25, 0.3) is 0 Å². The molecule has 1 N–H and O–H groups in total. The first kappa shape index (κ1) is 16.5. The average molecular weight is 257 g/mol. The Morgan fingerprint density at radius 1 is 1.28 bits per heavy atom. The minimum Gasteiger partial charge on any atom is -0.491 e. The molecule has 0 aliphatic heterocycles. The predicted molar refractivity (Wildman–Crippen MR) is 69.2 cm³/mol. The number of hydrogen-bond donors (Lipinski definition) is 1. The second-order valence-corrected chi connectivity index (χ2v) is 4.81. The zero-order valence-corrected chi connectivity index (χ0v) is 11.7. The number of carbonyl (C=O) groups excluding carboxylic acids is 2. The van der Waals surface area contributed by atoms with E-state index in [2.05, 4.69) is 11.9 Å². The van der Waals surface area contributed by atoms with Crippen LogP contribution in [0.2, 0.25) is 0 Å². The van der Waals surface area contributed by atoms with Gasteiger partial charge in [-0.25, -0.2) is 4.79 Å². The van der Waals surface area contributed by atoms with Gasteiger partial charge in [-0.15, -0.1) is 0 Å². The Morgan fingerprint density at radius 2 is 1.89 bits per heavy atom. The molecule has 0 rings (SSSR count). The van der Waals surface area contributed by atoms with Gasteiger partial charge in [0.1, 0.15) is 5.60 Å². The number of ether oxygens (including phenoxy) is 2. The van der Waals surface area contributed by atoms with E-state index in [4.69, 9.17) is 9.47 Å². The SMILES string of the molecule is C=C(OCC)C(=O)CCCNC(=O)OC(C)(C)C. The van der Waals surface area contributed by atoms with Gasteiger partial charge in [-0.2, -0.15) is 0 Å². The molecular formula is C13H23NO4. The largest absolute Gasteiger partial charge is 0.491 e. The van der Waals surface area contributed by atoms with E-state index in [-0.39, 0.29) is 11.5 Å². The Morgan fingerprint density at radius 3 is 2.39 bits per heavy atom. The molecule has 18 heavy (non-hydrogen) atoms. The van der Waals surface area contributed by atoms with Crippen molar-refractivity contribution in [3.63, 3.8) is 0 Å². The summed E-state index contributed by atoms with van der Waals surface area (Å²) in [7, 11) is 0. The van der Waals surface area contributed by atoms with E-state index in [1.54, 1.807) is 27.7 Å². The molecule has 5 heteroatoms. The van der Waals surface area contributed by atoms with Gasteiger partial charge in [0.2, 0.25) is 0 Å². The monoisotopic (exact) mass is 257 g/mol. The smallest absolute Gasteiger partial charge is 0.407 e. The molecule has 0 fully saturated rings. The Bertz CT molecular complexity index is 305. The van der Waals surface area contributed by atoms with E-state index >= 15 is 0 Å². The van der Waals surface area contributed by atoms with Gasteiger partial charge in [0.15, 0.2) is 11.5 Å². The number of hydrogen-bond acceptors (Lipinski definition) is 4. The molecular weight excluding hydrogens is 234 g/mol. The molecule has 0 atom stereocenters. The van der Waals surface area contributed by atoms with Crippen LogP contribution in [0.1, 0.15) is 40.5 Å². The van der Waals surface area contributed by atoms with Crippen molar-refractivity contribution in [3.8, 4) is 0 Å². The molecule has 0 heterocycles. The van der Waals surface area contributed by atoms with Gasteiger partial charge in [0.05, 0.1) is 6.61 Å². The number of allylic oxidation sites excluding steroid dienone is 1. The molecule has 0 aromatic heterocycles. The van der Waals surface area contributed by atoms with Crippen molar-refractivity contribution >= 4 is 11.9 Å². The third-order valence-electron chi connectivity index (χ3n) is 1.88. The molecule has 0 saturated carbocycles. The van der Waals surface area contributed by atoms with E-state index in [0.717, 1.165) is 0 Å². The third kappa shape index (κ3) is 8.61. The first-order valence-corrected chi connectivity index (χ1v) is 6.08. The Labute approximate surface area is 109 Å². The van der Waals surface area contributed by atoms with Crippen LogP contribution in [0.3, 0.4) is 0 Å². The first-order chi connectivity index (χ1) is 8.26. The molecule has 0 radical (unpaired) electrons. The van der Waals surface area contributed by atoms with Crippen molar-refractivity contribution in [3.05, 3.63) is 12.3 Å². The van der Waals surface area contributed by atoms with Crippen LogP contribution >= 0.6 is 0 Å². The molecule has 0 bridgehead atoms. The standard InChI is InChI=1S/C13H23NO4/c1-6-17-10(2)11(15)8-7-9-14-12(16)18-13(3,4)5/h2,6-9H2,1,3-5H3,(H,14,16). The normalized spacial score (nSPS) is 10.7. The van der Waals surface area contributed by atoms with Gasteiger partial charge < -0.3 is 14.8 Å². The fourth-order valence-corrected chi connectivity index (χ4v) is 1.15. The van der Waals surface area contributed by atoms with Crippen molar-refractivity contribution in [2.24, 2.45) is 0 Å². The summed E-state index contributed by atoms with van der Waals surface area (Å²) in [5.41, 5.74) is -0.511. The van der Waals surface area contributed by atoms with Gasteiger partial charge >= 0.3 is 6.09 Å². The maximum Gasteiger partial charge on any atom is 0.407 e. The Hall–Kier alpha value is -1.52. The number of rotatable bonds is 7. The minimum atomic E-state index is -0.511. The number of ketones is 1. The second kappa shape index (κ2) is 7.74. The van der Waals surface area contributed by atoms with Crippen LogP contribution in [-0.4, -0.2) is 30.6 Å².